The number of carbonyl (C=O) groups excluding carboxylic acids is 3. The van der Waals surface area contributed by atoms with E-state index in [1.165, 1.54) is 42.0 Å². The Bertz CT molecular complexity index is 1790. The molecule has 218 valence electrons. The van der Waals surface area contributed by atoms with Crippen molar-refractivity contribution in [2.24, 2.45) is 0 Å². The maximum absolute atomic E-state index is 14.1. The van der Waals surface area contributed by atoms with Crippen molar-refractivity contribution >= 4 is 51.6 Å². The second-order valence-corrected chi connectivity index (χ2v) is 12.1. The van der Waals surface area contributed by atoms with Crippen molar-refractivity contribution in [2.45, 2.75) is 35.6 Å². The zero-order valence-electron chi connectivity index (χ0n) is 22.9. The number of Topliss-reactive ketones (excluding diaryl/α,β-unsaturated/α-hetero) is 1. The highest BCUT2D eigenvalue weighted by atomic mass is 32.2. The van der Waals surface area contributed by atoms with Gasteiger partial charge in [0.1, 0.15) is 23.4 Å². The average Bonchev–Trinajstić information content (AvgIpc) is 3.70. The molecule has 1 amide bonds. The standard InChI is InChI=1S/C31H24FN3O6S2/c1-16-13-21-14-19(11-12-23(21)41-16)26(36)24-25(17-7-9-18(10-8-17)29(39)40-2)35(28(38)27(24)37)30-33-34-31(43-30)42-15-20-5-3-4-6-22(20)32/h3-12,14,16,25,36H,13,15H2,1-2H3/b26-24+. The number of fused-ring (bicyclic) bond motifs is 1. The molecule has 6 rings (SSSR count). The lowest BCUT2D eigenvalue weighted by atomic mass is 9.94. The van der Waals surface area contributed by atoms with Crippen molar-refractivity contribution in [1.82, 2.24) is 10.2 Å². The Labute approximate surface area is 254 Å². The van der Waals surface area contributed by atoms with Crippen LogP contribution in [0.1, 0.15) is 45.6 Å². The van der Waals surface area contributed by atoms with Gasteiger partial charge in [0.05, 0.1) is 24.3 Å². The van der Waals surface area contributed by atoms with Crippen molar-refractivity contribution in [2.75, 3.05) is 12.0 Å². The first-order valence-electron chi connectivity index (χ1n) is 13.2. The zero-order valence-corrected chi connectivity index (χ0v) is 24.6. The van der Waals surface area contributed by atoms with E-state index in [0.29, 0.717) is 39.0 Å². The molecule has 1 N–H and O–H groups in total. The monoisotopic (exact) mass is 617 g/mol. The second-order valence-electron chi connectivity index (χ2n) is 9.97. The fourth-order valence-electron chi connectivity index (χ4n) is 5.10. The number of halogens is 1. The summed E-state index contributed by atoms with van der Waals surface area (Å²) >= 11 is 2.32. The zero-order chi connectivity index (χ0) is 30.2. The molecule has 2 unspecified atom stereocenters. The molecule has 2 atom stereocenters. The van der Waals surface area contributed by atoms with Crippen molar-refractivity contribution in [1.29, 1.82) is 0 Å². The van der Waals surface area contributed by atoms with Gasteiger partial charge in [-0.2, -0.15) is 0 Å². The molecule has 43 heavy (non-hydrogen) atoms. The first-order valence-corrected chi connectivity index (χ1v) is 15.0. The van der Waals surface area contributed by atoms with E-state index in [1.54, 1.807) is 48.5 Å². The molecule has 12 heteroatoms. The number of aliphatic hydroxyl groups is 1. The van der Waals surface area contributed by atoms with Crippen LogP contribution in [-0.2, 0) is 26.5 Å². The molecule has 0 bridgehead atoms. The number of amides is 1. The minimum absolute atomic E-state index is 0.0193. The van der Waals surface area contributed by atoms with E-state index in [9.17, 15) is 23.9 Å². The van der Waals surface area contributed by atoms with Crippen LogP contribution < -0.4 is 9.64 Å². The maximum atomic E-state index is 14.1. The quantitative estimate of drug-likeness (QED) is 0.0695. The molecule has 0 radical (unpaired) electrons. The number of aromatic nitrogens is 2. The predicted octanol–water partition coefficient (Wildman–Crippen LogP) is 5.71. The number of benzene rings is 3. The molecular formula is C31H24FN3O6S2. The molecule has 4 aromatic rings. The summed E-state index contributed by atoms with van der Waals surface area (Å²) in [5.74, 6) is -2.01. The van der Waals surface area contributed by atoms with Gasteiger partial charge < -0.3 is 14.6 Å². The lowest BCUT2D eigenvalue weighted by Gasteiger charge is -2.22. The van der Waals surface area contributed by atoms with E-state index in [-0.39, 0.29) is 33.9 Å². The van der Waals surface area contributed by atoms with Gasteiger partial charge in [0.2, 0.25) is 5.13 Å². The minimum Gasteiger partial charge on any atom is -0.507 e. The second kappa shape index (κ2) is 11.6. The number of ketones is 1. The smallest absolute Gasteiger partial charge is 0.337 e. The average molecular weight is 618 g/mol. The van der Waals surface area contributed by atoms with Crippen molar-refractivity contribution in [3.8, 4) is 5.75 Å². The number of aliphatic hydroxyl groups excluding tert-OH is 1. The number of rotatable bonds is 7. The molecule has 1 saturated heterocycles. The first-order chi connectivity index (χ1) is 20.7. The van der Waals surface area contributed by atoms with Crippen LogP contribution in [0.25, 0.3) is 5.76 Å². The van der Waals surface area contributed by atoms with E-state index >= 15 is 0 Å². The SMILES string of the molecule is COC(=O)c1ccc(C2/C(=C(\O)c3ccc4c(c3)CC(C)O4)C(=O)C(=O)N2c2nnc(SCc3ccccc3F)s2)cc1. The van der Waals surface area contributed by atoms with Gasteiger partial charge in [-0.1, -0.05) is 53.4 Å². The molecule has 0 saturated carbocycles. The fourth-order valence-corrected chi connectivity index (χ4v) is 6.96. The van der Waals surface area contributed by atoms with Crippen LogP contribution in [0.2, 0.25) is 0 Å². The molecule has 3 aromatic carbocycles. The van der Waals surface area contributed by atoms with Crippen LogP contribution in [0.3, 0.4) is 0 Å². The minimum atomic E-state index is -1.06. The normalized spacial score (nSPS) is 18.9. The maximum Gasteiger partial charge on any atom is 0.337 e. The van der Waals surface area contributed by atoms with Gasteiger partial charge in [-0.25, -0.2) is 9.18 Å². The number of ether oxygens (including phenoxy) is 2. The van der Waals surface area contributed by atoms with Gasteiger partial charge in [0.15, 0.2) is 4.34 Å². The molecular weight excluding hydrogens is 593 g/mol. The van der Waals surface area contributed by atoms with Gasteiger partial charge in [0.25, 0.3) is 5.78 Å². The summed E-state index contributed by atoms with van der Waals surface area (Å²) in [7, 11) is 1.27. The summed E-state index contributed by atoms with van der Waals surface area (Å²) in [6.07, 6.45) is 0.621. The third-order valence-corrected chi connectivity index (χ3v) is 9.28. The van der Waals surface area contributed by atoms with Crippen molar-refractivity contribution in [3.05, 3.63) is 106 Å². The van der Waals surface area contributed by atoms with Crippen LogP contribution >= 0.6 is 23.1 Å². The number of esters is 1. The van der Waals surface area contributed by atoms with Crippen LogP contribution in [0.4, 0.5) is 9.52 Å². The van der Waals surface area contributed by atoms with Crippen LogP contribution in [0.5, 0.6) is 5.75 Å². The van der Waals surface area contributed by atoms with Crippen LogP contribution in [0.15, 0.2) is 76.6 Å². The summed E-state index contributed by atoms with van der Waals surface area (Å²) in [5.41, 5.74) is 2.35. The van der Waals surface area contributed by atoms with Gasteiger partial charge in [-0.3, -0.25) is 14.5 Å². The van der Waals surface area contributed by atoms with Gasteiger partial charge in [-0.05, 0) is 60.0 Å². The highest BCUT2D eigenvalue weighted by Gasteiger charge is 2.48. The molecule has 1 aromatic heterocycles. The van der Waals surface area contributed by atoms with E-state index in [2.05, 4.69) is 10.2 Å². The molecule has 2 aliphatic rings. The molecule has 0 aliphatic carbocycles. The highest BCUT2D eigenvalue weighted by Crippen LogP contribution is 2.44. The predicted molar refractivity (Wildman–Crippen MR) is 159 cm³/mol. The van der Waals surface area contributed by atoms with Crippen LogP contribution in [-0.4, -0.2) is 46.2 Å². The van der Waals surface area contributed by atoms with Gasteiger partial charge >= 0.3 is 11.9 Å². The van der Waals surface area contributed by atoms with E-state index in [0.717, 1.165) is 16.9 Å². The summed E-state index contributed by atoms with van der Waals surface area (Å²) in [5, 5.41) is 20.0. The number of carbonyl (C=O) groups is 3. The Balaban J connectivity index is 1.40. The molecule has 2 aliphatic heterocycles. The summed E-state index contributed by atoms with van der Waals surface area (Å²) in [4.78, 5) is 40.3. The molecule has 9 nitrogen and oxygen atoms in total. The highest BCUT2D eigenvalue weighted by molar-refractivity contribution is 8.00. The Kier molecular flexibility index (Phi) is 7.72. The van der Waals surface area contributed by atoms with E-state index in [1.807, 2.05) is 6.92 Å². The van der Waals surface area contributed by atoms with Gasteiger partial charge in [-0.15, -0.1) is 10.2 Å². The lowest BCUT2D eigenvalue weighted by Crippen LogP contribution is -2.29. The summed E-state index contributed by atoms with van der Waals surface area (Å²) in [6, 6.07) is 16.7. The number of anilines is 1. The molecule has 0 spiro atoms. The Morgan fingerprint density at radius 2 is 1.86 bits per heavy atom. The Morgan fingerprint density at radius 1 is 1.12 bits per heavy atom. The van der Waals surface area contributed by atoms with E-state index in [4.69, 9.17) is 9.47 Å². The fraction of sp³-hybridized carbons (Fsp3) is 0.194. The number of hydrogen-bond donors (Lipinski definition) is 1. The number of nitrogens with zero attached hydrogens (tertiary/aromatic N) is 3. The Hall–Kier alpha value is -4.55. The topological polar surface area (TPSA) is 119 Å². The van der Waals surface area contributed by atoms with Crippen LogP contribution in [0, 0.1) is 5.82 Å². The third kappa shape index (κ3) is 5.39. The number of methoxy groups -OCH3 is 1. The van der Waals surface area contributed by atoms with Crippen molar-refractivity contribution < 1.29 is 33.4 Å². The number of thioether (sulfide) groups is 1. The molecule has 1 fully saturated rings. The number of hydrogen-bond acceptors (Lipinski definition) is 10. The largest absolute Gasteiger partial charge is 0.507 e. The third-order valence-electron chi connectivity index (χ3n) is 7.17. The van der Waals surface area contributed by atoms with Gasteiger partial charge in [0, 0.05) is 17.7 Å². The van der Waals surface area contributed by atoms with Crippen molar-refractivity contribution in [3.63, 3.8) is 0 Å². The van der Waals surface area contributed by atoms with E-state index < -0.39 is 23.7 Å². The first kappa shape index (κ1) is 28.6. The Morgan fingerprint density at radius 3 is 2.60 bits per heavy atom. The summed E-state index contributed by atoms with van der Waals surface area (Å²) in [6.45, 7) is 1.94. The molecule has 3 heterocycles. The summed E-state index contributed by atoms with van der Waals surface area (Å²) < 4.78 is 25.2. The lowest BCUT2D eigenvalue weighted by molar-refractivity contribution is -0.132.